The molecule has 1 amide bonds. The average Bonchev–Trinajstić information content (AvgIpc) is 3.39. The SMILES string of the molecule is O=C1Cc2ccccc2N1N1c2ccccc2CC1C1Cc2ccccc2O1. The van der Waals surface area contributed by atoms with E-state index in [0.29, 0.717) is 6.42 Å². The molecule has 28 heavy (non-hydrogen) atoms. The van der Waals surface area contributed by atoms with Crippen molar-refractivity contribution in [1.29, 1.82) is 0 Å². The Morgan fingerprint density at radius 2 is 1.43 bits per heavy atom. The zero-order chi connectivity index (χ0) is 18.7. The van der Waals surface area contributed by atoms with Gasteiger partial charge in [-0.2, -0.15) is 0 Å². The zero-order valence-electron chi connectivity index (χ0n) is 15.4. The first-order valence-electron chi connectivity index (χ1n) is 9.82. The van der Waals surface area contributed by atoms with Gasteiger partial charge in [0.2, 0.25) is 5.91 Å². The molecular formula is C24H20N2O2. The number of carbonyl (C=O) groups is 1. The quantitative estimate of drug-likeness (QED) is 0.687. The summed E-state index contributed by atoms with van der Waals surface area (Å²) in [7, 11) is 0. The highest BCUT2D eigenvalue weighted by Crippen LogP contribution is 2.43. The van der Waals surface area contributed by atoms with Crippen LogP contribution in [0.2, 0.25) is 0 Å². The first-order valence-corrected chi connectivity index (χ1v) is 9.82. The lowest BCUT2D eigenvalue weighted by Crippen LogP contribution is -2.54. The third-order valence-electron chi connectivity index (χ3n) is 6.10. The Balaban J connectivity index is 1.44. The number of nitrogens with zero attached hydrogens (tertiary/aromatic N) is 2. The first kappa shape index (κ1) is 15.8. The van der Waals surface area contributed by atoms with E-state index in [9.17, 15) is 4.79 Å². The molecule has 0 bridgehead atoms. The van der Waals surface area contributed by atoms with Crippen molar-refractivity contribution in [3.63, 3.8) is 0 Å². The largest absolute Gasteiger partial charge is 0.488 e. The van der Waals surface area contributed by atoms with Crippen LogP contribution in [0, 0.1) is 0 Å². The lowest BCUT2D eigenvalue weighted by Gasteiger charge is -2.38. The lowest BCUT2D eigenvalue weighted by molar-refractivity contribution is -0.117. The Bertz CT molecular complexity index is 1070. The first-order chi connectivity index (χ1) is 13.8. The smallest absolute Gasteiger partial charge is 0.250 e. The second-order valence-electron chi connectivity index (χ2n) is 7.72. The van der Waals surface area contributed by atoms with Crippen LogP contribution in [0.5, 0.6) is 5.75 Å². The third kappa shape index (κ3) is 2.21. The van der Waals surface area contributed by atoms with Gasteiger partial charge in [0.05, 0.1) is 23.8 Å². The van der Waals surface area contributed by atoms with E-state index in [1.807, 2.05) is 47.5 Å². The van der Waals surface area contributed by atoms with Crippen molar-refractivity contribution >= 4 is 17.3 Å². The van der Waals surface area contributed by atoms with Crippen LogP contribution in [0.25, 0.3) is 0 Å². The molecule has 0 aliphatic carbocycles. The monoisotopic (exact) mass is 368 g/mol. The van der Waals surface area contributed by atoms with Crippen molar-refractivity contribution in [2.45, 2.75) is 31.4 Å². The average molecular weight is 368 g/mol. The minimum absolute atomic E-state index is 0.0189. The van der Waals surface area contributed by atoms with E-state index in [4.69, 9.17) is 4.74 Å². The van der Waals surface area contributed by atoms with Crippen molar-refractivity contribution in [1.82, 2.24) is 0 Å². The second-order valence-corrected chi connectivity index (χ2v) is 7.72. The zero-order valence-corrected chi connectivity index (χ0v) is 15.4. The minimum atomic E-state index is 0.0189. The minimum Gasteiger partial charge on any atom is -0.488 e. The van der Waals surface area contributed by atoms with Gasteiger partial charge in [-0.15, -0.1) is 0 Å². The molecule has 3 heterocycles. The van der Waals surface area contributed by atoms with Crippen LogP contribution in [-0.4, -0.2) is 18.1 Å². The summed E-state index contributed by atoms with van der Waals surface area (Å²) in [4.78, 5) is 13.1. The van der Waals surface area contributed by atoms with Crippen molar-refractivity contribution in [2.75, 3.05) is 10.0 Å². The summed E-state index contributed by atoms with van der Waals surface area (Å²) in [5.74, 6) is 1.09. The lowest BCUT2D eigenvalue weighted by atomic mass is 10.0. The van der Waals surface area contributed by atoms with E-state index in [0.717, 1.165) is 35.5 Å². The van der Waals surface area contributed by atoms with Crippen LogP contribution >= 0.6 is 0 Å². The number of amides is 1. The number of fused-ring (bicyclic) bond motifs is 3. The maximum Gasteiger partial charge on any atom is 0.250 e. The predicted octanol–water partition coefficient (Wildman–Crippen LogP) is 3.93. The molecule has 0 spiro atoms. The van der Waals surface area contributed by atoms with Gasteiger partial charge < -0.3 is 4.74 Å². The molecule has 2 unspecified atom stereocenters. The van der Waals surface area contributed by atoms with Crippen LogP contribution in [0.4, 0.5) is 11.4 Å². The van der Waals surface area contributed by atoms with Gasteiger partial charge in [0.15, 0.2) is 0 Å². The van der Waals surface area contributed by atoms with Gasteiger partial charge in [0.25, 0.3) is 0 Å². The summed E-state index contributed by atoms with van der Waals surface area (Å²) in [6, 6.07) is 24.8. The van der Waals surface area contributed by atoms with E-state index >= 15 is 0 Å². The van der Waals surface area contributed by atoms with Gasteiger partial charge in [-0.05, 0) is 34.9 Å². The molecule has 0 N–H and O–H groups in total. The van der Waals surface area contributed by atoms with E-state index in [-0.39, 0.29) is 18.1 Å². The van der Waals surface area contributed by atoms with Gasteiger partial charge in [0, 0.05) is 12.8 Å². The summed E-state index contributed by atoms with van der Waals surface area (Å²) >= 11 is 0. The Morgan fingerprint density at radius 3 is 2.25 bits per heavy atom. The molecule has 4 heteroatoms. The maximum absolute atomic E-state index is 13.1. The van der Waals surface area contributed by atoms with E-state index in [2.05, 4.69) is 35.3 Å². The fourth-order valence-corrected chi connectivity index (χ4v) is 4.84. The van der Waals surface area contributed by atoms with Crippen LogP contribution in [-0.2, 0) is 24.1 Å². The number of para-hydroxylation sites is 3. The number of carbonyl (C=O) groups excluding carboxylic acids is 1. The highest BCUT2D eigenvalue weighted by molar-refractivity contribution is 6.04. The van der Waals surface area contributed by atoms with Crippen molar-refractivity contribution in [3.8, 4) is 5.75 Å². The third-order valence-corrected chi connectivity index (χ3v) is 6.10. The Morgan fingerprint density at radius 1 is 0.750 bits per heavy atom. The van der Waals surface area contributed by atoms with Crippen LogP contribution in [0.15, 0.2) is 72.8 Å². The van der Waals surface area contributed by atoms with E-state index < -0.39 is 0 Å². The normalized spacial score (nSPS) is 22.1. The maximum atomic E-state index is 13.1. The fraction of sp³-hybridized carbons (Fsp3) is 0.208. The molecule has 3 aromatic carbocycles. The van der Waals surface area contributed by atoms with Gasteiger partial charge in [-0.25, -0.2) is 5.01 Å². The van der Waals surface area contributed by atoms with Gasteiger partial charge >= 0.3 is 0 Å². The number of hydrogen-bond acceptors (Lipinski definition) is 3. The molecule has 138 valence electrons. The highest BCUT2D eigenvalue weighted by atomic mass is 16.5. The predicted molar refractivity (Wildman–Crippen MR) is 109 cm³/mol. The second kappa shape index (κ2) is 5.86. The number of hydrazine groups is 1. The van der Waals surface area contributed by atoms with Gasteiger partial charge in [0.1, 0.15) is 11.9 Å². The molecule has 0 radical (unpaired) electrons. The summed E-state index contributed by atoms with van der Waals surface area (Å²) in [6.45, 7) is 0. The molecule has 2 atom stereocenters. The molecule has 4 nitrogen and oxygen atoms in total. The summed E-state index contributed by atoms with van der Waals surface area (Å²) in [5, 5.41) is 4.08. The molecule has 0 fully saturated rings. The van der Waals surface area contributed by atoms with Gasteiger partial charge in [-0.1, -0.05) is 54.6 Å². The number of benzene rings is 3. The number of anilines is 2. The van der Waals surface area contributed by atoms with Crippen LogP contribution in [0.3, 0.4) is 0 Å². The molecule has 0 aromatic heterocycles. The van der Waals surface area contributed by atoms with Gasteiger partial charge in [-0.3, -0.25) is 9.80 Å². The molecule has 0 saturated carbocycles. The molecule has 6 rings (SSSR count). The Hall–Kier alpha value is -3.27. The Kier molecular flexibility index (Phi) is 3.30. The number of rotatable bonds is 2. The van der Waals surface area contributed by atoms with E-state index in [1.165, 1.54) is 11.1 Å². The summed E-state index contributed by atoms with van der Waals surface area (Å²) in [6.07, 6.45) is 2.22. The molecular weight excluding hydrogens is 348 g/mol. The Labute approximate surface area is 163 Å². The molecule has 0 saturated heterocycles. The van der Waals surface area contributed by atoms with E-state index in [1.54, 1.807) is 0 Å². The molecule has 3 aliphatic rings. The summed E-state index contributed by atoms with van der Waals surface area (Å²) < 4.78 is 6.36. The van der Waals surface area contributed by atoms with Crippen molar-refractivity contribution in [3.05, 3.63) is 89.5 Å². The van der Waals surface area contributed by atoms with Crippen molar-refractivity contribution < 1.29 is 9.53 Å². The number of ether oxygens (including phenoxy) is 1. The summed E-state index contributed by atoms with van der Waals surface area (Å²) in [5.41, 5.74) is 5.70. The molecule has 3 aliphatic heterocycles. The topological polar surface area (TPSA) is 32.8 Å². The van der Waals surface area contributed by atoms with Crippen molar-refractivity contribution in [2.24, 2.45) is 0 Å². The number of hydrogen-bond donors (Lipinski definition) is 0. The highest BCUT2D eigenvalue weighted by Gasteiger charge is 2.45. The molecule has 3 aromatic rings. The fourth-order valence-electron chi connectivity index (χ4n) is 4.84. The standard InChI is InChI=1S/C24H20N2O2/c27-24-15-17-8-2-5-11-20(17)26(24)25-19-10-4-1-7-16(19)13-21(25)23-14-18-9-3-6-12-22(18)28-23/h1-12,21,23H,13-15H2. The van der Waals surface area contributed by atoms with Crippen LogP contribution < -0.4 is 14.8 Å². The van der Waals surface area contributed by atoms with Crippen LogP contribution in [0.1, 0.15) is 16.7 Å².